The molecule has 0 amide bonds. The van der Waals surface area contributed by atoms with E-state index in [1.165, 1.54) is 19.2 Å². The lowest BCUT2D eigenvalue weighted by Crippen LogP contribution is -2.12. The largest absolute Gasteiger partial charge is 0.417 e. The summed E-state index contributed by atoms with van der Waals surface area (Å²) in [5.41, 5.74) is -0.879. The van der Waals surface area contributed by atoms with E-state index in [2.05, 4.69) is 5.32 Å². The van der Waals surface area contributed by atoms with Gasteiger partial charge in [0, 0.05) is 18.3 Å². The standard InChI is InChI=1S/C10H10F3NO/c1-6(15)8-4-3-7(14-2)5-9(8)10(11,12)13/h3-5,14H,1-2H3. The molecule has 5 heteroatoms. The number of anilines is 1. The summed E-state index contributed by atoms with van der Waals surface area (Å²) in [6.07, 6.45) is -4.51. The van der Waals surface area contributed by atoms with Crippen LogP contribution in [0.5, 0.6) is 0 Å². The van der Waals surface area contributed by atoms with Gasteiger partial charge >= 0.3 is 6.18 Å². The number of rotatable bonds is 2. The fraction of sp³-hybridized carbons (Fsp3) is 0.300. The first-order valence-corrected chi connectivity index (χ1v) is 4.26. The highest BCUT2D eigenvalue weighted by atomic mass is 19.4. The molecule has 0 atom stereocenters. The fourth-order valence-corrected chi connectivity index (χ4v) is 1.24. The molecule has 0 spiro atoms. The van der Waals surface area contributed by atoms with E-state index < -0.39 is 17.5 Å². The number of nitrogens with one attached hydrogen (secondary N) is 1. The highest BCUT2D eigenvalue weighted by Crippen LogP contribution is 2.33. The molecule has 0 aliphatic rings. The van der Waals surface area contributed by atoms with Gasteiger partial charge in [0.1, 0.15) is 0 Å². The van der Waals surface area contributed by atoms with Crippen LogP contribution in [0.15, 0.2) is 18.2 Å². The zero-order valence-electron chi connectivity index (χ0n) is 8.27. The summed E-state index contributed by atoms with van der Waals surface area (Å²) in [5.74, 6) is -0.593. The molecule has 1 aromatic carbocycles. The SMILES string of the molecule is CNc1ccc(C(C)=O)c(C(F)(F)F)c1. The summed E-state index contributed by atoms with van der Waals surface area (Å²) in [4.78, 5) is 11.0. The Balaban J connectivity index is 3.36. The Morgan fingerprint density at radius 1 is 1.33 bits per heavy atom. The van der Waals surface area contributed by atoms with Gasteiger partial charge in [-0.25, -0.2) is 0 Å². The van der Waals surface area contributed by atoms with Crippen molar-refractivity contribution in [1.29, 1.82) is 0 Å². The molecule has 0 unspecified atom stereocenters. The molecule has 2 nitrogen and oxygen atoms in total. The Bertz CT molecular complexity index is 385. The highest BCUT2D eigenvalue weighted by Gasteiger charge is 2.34. The van der Waals surface area contributed by atoms with Gasteiger partial charge in [-0.3, -0.25) is 4.79 Å². The maximum Gasteiger partial charge on any atom is 0.417 e. The van der Waals surface area contributed by atoms with Crippen molar-refractivity contribution in [2.75, 3.05) is 12.4 Å². The molecule has 0 saturated heterocycles. The average molecular weight is 217 g/mol. The molecule has 0 aromatic heterocycles. The minimum Gasteiger partial charge on any atom is -0.388 e. The molecule has 0 radical (unpaired) electrons. The molecule has 0 saturated carbocycles. The Morgan fingerprint density at radius 2 is 1.93 bits per heavy atom. The van der Waals surface area contributed by atoms with Gasteiger partial charge in [-0.05, 0) is 25.1 Å². The molecule has 1 rings (SSSR count). The van der Waals surface area contributed by atoms with Crippen molar-refractivity contribution in [2.24, 2.45) is 0 Å². The summed E-state index contributed by atoms with van der Waals surface area (Å²) in [6.45, 7) is 1.11. The Morgan fingerprint density at radius 3 is 2.33 bits per heavy atom. The van der Waals surface area contributed by atoms with E-state index in [0.29, 0.717) is 5.69 Å². The van der Waals surface area contributed by atoms with E-state index in [1.54, 1.807) is 0 Å². The summed E-state index contributed by atoms with van der Waals surface area (Å²) in [5, 5.41) is 2.59. The lowest BCUT2D eigenvalue weighted by Gasteiger charge is -2.12. The monoisotopic (exact) mass is 217 g/mol. The van der Waals surface area contributed by atoms with Crippen molar-refractivity contribution in [3.05, 3.63) is 29.3 Å². The van der Waals surface area contributed by atoms with Crippen molar-refractivity contribution >= 4 is 11.5 Å². The van der Waals surface area contributed by atoms with Crippen molar-refractivity contribution < 1.29 is 18.0 Å². The van der Waals surface area contributed by atoms with Gasteiger partial charge in [0.05, 0.1) is 5.56 Å². The van der Waals surface area contributed by atoms with E-state index in [-0.39, 0.29) is 5.56 Å². The molecule has 0 aliphatic carbocycles. The Hall–Kier alpha value is -1.52. The molecule has 0 fully saturated rings. The van der Waals surface area contributed by atoms with Crippen molar-refractivity contribution in [2.45, 2.75) is 13.1 Å². The third kappa shape index (κ3) is 2.49. The lowest BCUT2D eigenvalue weighted by atomic mass is 10.0. The second kappa shape index (κ2) is 3.92. The van der Waals surface area contributed by atoms with Crippen LogP contribution in [0.3, 0.4) is 0 Å². The molecule has 15 heavy (non-hydrogen) atoms. The van der Waals surface area contributed by atoms with E-state index in [9.17, 15) is 18.0 Å². The number of halogens is 3. The first-order valence-electron chi connectivity index (χ1n) is 4.26. The number of ketones is 1. The lowest BCUT2D eigenvalue weighted by molar-refractivity contribution is -0.137. The predicted molar refractivity (Wildman–Crippen MR) is 51.0 cm³/mol. The van der Waals surface area contributed by atoms with Crippen LogP contribution < -0.4 is 5.32 Å². The van der Waals surface area contributed by atoms with E-state index in [1.807, 2.05) is 0 Å². The second-order valence-electron chi connectivity index (χ2n) is 3.06. The highest BCUT2D eigenvalue weighted by molar-refractivity contribution is 5.96. The van der Waals surface area contributed by atoms with Crippen LogP contribution in [0.2, 0.25) is 0 Å². The number of hydrogen-bond acceptors (Lipinski definition) is 2. The van der Waals surface area contributed by atoms with E-state index >= 15 is 0 Å². The molecule has 82 valence electrons. The second-order valence-corrected chi connectivity index (χ2v) is 3.06. The van der Waals surface area contributed by atoms with Gasteiger partial charge in [0.15, 0.2) is 5.78 Å². The van der Waals surface area contributed by atoms with Gasteiger partial charge < -0.3 is 5.32 Å². The zero-order chi connectivity index (χ0) is 11.6. The first kappa shape index (κ1) is 11.6. The number of Topliss-reactive ketones (excluding diaryl/α,β-unsaturated/α-hetero) is 1. The van der Waals surface area contributed by atoms with Gasteiger partial charge in [-0.1, -0.05) is 0 Å². The van der Waals surface area contributed by atoms with Crippen molar-refractivity contribution in [3.8, 4) is 0 Å². The van der Waals surface area contributed by atoms with Crippen LogP contribution in [-0.4, -0.2) is 12.8 Å². The topological polar surface area (TPSA) is 29.1 Å². The van der Waals surface area contributed by atoms with Crippen LogP contribution in [0.4, 0.5) is 18.9 Å². The number of carbonyl (C=O) groups excluding carboxylic acids is 1. The van der Waals surface area contributed by atoms with E-state index in [0.717, 1.165) is 13.0 Å². The molecule has 0 heterocycles. The molecular formula is C10H10F3NO. The molecule has 0 aliphatic heterocycles. The third-order valence-corrected chi connectivity index (χ3v) is 1.99. The molecule has 0 bridgehead atoms. The van der Waals surface area contributed by atoms with Gasteiger partial charge in [0.2, 0.25) is 0 Å². The van der Waals surface area contributed by atoms with Crippen LogP contribution in [0.25, 0.3) is 0 Å². The predicted octanol–water partition coefficient (Wildman–Crippen LogP) is 2.95. The number of hydrogen-bond donors (Lipinski definition) is 1. The van der Waals surface area contributed by atoms with Crippen LogP contribution in [-0.2, 0) is 6.18 Å². The normalized spacial score (nSPS) is 11.3. The summed E-state index contributed by atoms with van der Waals surface area (Å²) < 4.78 is 37.6. The summed E-state index contributed by atoms with van der Waals surface area (Å²) >= 11 is 0. The number of carbonyl (C=O) groups is 1. The van der Waals surface area contributed by atoms with Crippen LogP contribution in [0.1, 0.15) is 22.8 Å². The van der Waals surface area contributed by atoms with Crippen molar-refractivity contribution in [1.82, 2.24) is 0 Å². The first-order chi connectivity index (χ1) is 6.86. The number of benzene rings is 1. The molecular weight excluding hydrogens is 207 g/mol. The van der Waals surface area contributed by atoms with Gasteiger partial charge in [-0.15, -0.1) is 0 Å². The van der Waals surface area contributed by atoms with Crippen LogP contribution >= 0.6 is 0 Å². The Labute approximate surface area is 85.1 Å². The van der Waals surface area contributed by atoms with E-state index in [4.69, 9.17) is 0 Å². The zero-order valence-corrected chi connectivity index (χ0v) is 8.27. The Kier molecular flexibility index (Phi) is 3.02. The average Bonchev–Trinajstić information content (AvgIpc) is 2.15. The van der Waals surface area contributed by atoms with Crippen LogP contribution in [0, 0.1) is 0 Å². The smallest absolute Gasteiger partial charge is 0.388 e. The minimum atomic E-state index is -4.51. The summed E-state index contributed by atoms with van der Waals surface area (Å²) in [6, 6.07) is 3.54. The maximum absolute atomic E-state index is 12.5. The summed E-state index contributed by atoms with van der Waals surface area (Å²) in [7, 11) is 1.52. The molecule has 1 N–H and O–H groups in total. The third-order valence-electron chi connectivity index (χ3n) is 1.99. The fourth-order valence-electron chi connectivity index (χ4n) is 1.24. The number of alkyl halides is 3. The van der Waals surface area contributed by atoms with Gasteiger partial charge in [-0.2, -0.15) is 13.2 Å². The quantitative estimate of drug-likeness (QED) is 0.771. The molecule has 1 aromatic rings. The van der Waals surface area contributed by atoms with Gasteiger partial charge in [0.25, 0.3) is 0 Å². The maximum atomic E-state index is 12.5. The van der Waals surface area contributed by atoms with Crippen molar-refractivity contribution in [3.63, 3.8) is 0 Å². The minimum absolute atomic E-state index is 0.304.